The third-order valence-electron chi connectivity index (χ3n) is 3.03. The van der Waals surface area contributed by atoms with E-state index in [1.165, 1.54) is 4.57 Å². The zero-order chi connectivity index (χ0) is 14.3. The average molecular weight is 320 g/mol. The highest BCUT2D eigenvalue weighted by Gasteiger charge is 2.10. The first-order valence-corrected chi connectivity index (χ1v) is 6.19. The molecule has 2 heterocycles. The Hall–Kier alpha value is -2.43. The fourth-order valence-electron chi connectivity index (χ4n) is 2.01. The summed E-state index contributed by atoms with van der Waals surface area (Å²) in [7, 11) is 1.78. The van der Waals surface area contributed by atoms with Gasteiger partial charge in [-0.05, 0) is 36.5 Å². The lowest BCUT2D eigenvalue weighted by atomic mass is 10.2. The molecule has 0 unspecified atom stereocenters. The average Bonchev–Trinajstić information content (AvgIpc) is 2.81. The van der Waals surface area contributed by atoms with Gasteiger partial charge >= 0.3 is 0 Å². The van der Waals surface area contributed by atoms with Crippen LogP contribution in [-0.2, 0) is 7.05 Å². The van der Waals surface area contributed by atoms with E-state index in [-0.39, 0.29) is 22.7 Å². The van der Waals surface area contributed by atoms with E-state index in [0.29, 0.717) is 22.4 Å². The molecule has 1 aromatic carbocycles. The molecule has 0 aliphatic rings. The molecule has 1 N–H and O–H groups in total. The number of hydrogen-bond acceptors (Lipinski definition) is 4. The molecular formula is C13H10ClN5OS. The maximum absolute atomic E-state index is 12.5. The van der Waals surface area contributed by atoms with Crippen LogP contribution in [0.15, 0.2) is 35.4 Å². The van der Waals surface area contributed by atoms with Gasteiger partial charge in [-0.2, -0.15) is 5.26 Å². The number of fused-ring (bicyclic) bond motifs is 1. The van der Waals surface area contributed by atoms with Gasteiger partial charge in [0.25, 0.3) is 5.56 Å². The molecule has 0 atom stereocenters. The van der Waals surface area contributed by atoms with Gasteiger partial charge in [-0.1, -0.05) is 0 Å². The van der Waals surface area contributed by atoms with Gasteiger partial charge in [0.05, 0.1) is 23.6 Å². The maximum Gasteiger partial charge on any atom is 0.287 e. The van der Waals surface area contributed by atoms with Crippen LogP contribution in [0.1, 0.15) is 5.56 Å². The highest BCUT2D eigenvalue weighted by Crippen LogP contribution is 2.10. The first-order chi connectivity index (χ1) is 9.61. The van der Waals surface area contributed by atoms with E-state index < -0.39 is 0 Å². The van der Waals surface area contributed by atoms with Gasteiger partial charge in [-0.3, -0.25) is 9.36 Å². The topological polar surface area (TPSA) is 79.4 Å². The van der Waals surface area contributed by atoms with Gasteiger partial charge in [-0.15, -0.1) is 12.4 Å². The second kappa shape index (κ2) is 5.52. The molecule has 0 aliphatic heterocycles. The Labute approximate surface area is 130 Å². The third-order valence-corrected chi connectivity index (χ3v) is 3.31. The minimum atomic E-state index is -0.283. The van der Waals surface area contributed by atoms with Crippen molar-refractivity contribution >= 4 is 35.8 Å². The van der Waals surface area contributed by atoms with E-state index >= 15 is 0 Å². The number of rotatable bonds is 1. The molecule has 3 rings (SSSR count). The Morgan fingerprint density at radius 1 is 1.33 bits per heavy atom. The molecule has 3 aromatic rings. The quantitative estimate of drug-likeness (QED) is 0.696. The largest absolute Gasteiger partial charge is 0.320 e. The number of H-pyrrole nitrogens is 1. The van der Waals surface area contributed by atoms with Crippen molar-refractivity contribution in [3.8, 4) is 11.8 Å². The van der Waals surface area contributed by atoms with Crippen LogP contribution in [0.3, 0.4) is 0 Å². The molecule has 2 aromatic heterocycles. The summed E-state index contributed by atoms with van der Waals surface area (Å²) in [5.41, 5.74) is 1.75. The summed E-state index contributed by atoms with van der Waals surface area (Å²) >= 11 is 5.24. The molecule has 0 fully saturated rings. The minimum Gasteiger partial charge on any atom is -0.320 e. The van der Waals surface area contributed by atoms with Gasteiger partial charge in [0.1, 0.15) is 5.65 Å². The number of aromatic amines is 1. The second-order valence-corrected chi connectivity index (χ2v) is 4.67. The Kier molecular flexibility index (Phi) is 3.93. The third kappa shape index (κ3) is 2.35. The van der Waals surface area contributed by atoms with Crippen LogP contribution in [0, 0.1) is 16.1 Å². The first kappa shape index (κ1) is 15.0. The van der Waals surface area contributed by atoms with E-state index in [9.17, 15) is 4.79 Å². The van der Waals surface area contributed by atoms with Gasteiger partial charge < -0.3 is 9.55 Å². The summed E-state index contributed by atoms with van der Waals surface area (Å²) < 4.78 is 3.36. The smallest absolute Gasteiger partial charge is 0.287 e. The summed E-state index contributed by atoms with van der Waals surface area (Å²) in [6, 6.07) is 8.66. The van der Waals surface area contributed by atoms with Gasteiger partial charge in [0.2, 0.25) is 0 Å². The number of imidazole rings is 1. The summed E-state index contributed by atoms with van der Waals surface area (Å²) in [5.74, 6) is 0. The summed E-state index contributed by atoms with van der Waals surface area (Å²) in [4.78, 5) is 19.5. The Morgan fingerprint density at radius 3 is 2.62 bits per heavy atom. The van der Waals surface area contributed by atoms with Crippen molar-refractivity contribution in [3.05, 3.63) is 51.3 Å². The Morgan fingerprint density at radius 2 is 2.00 bits per heavy atom. The molecule has 0 saturated heterocycles. The van der Waals surface area contributed by atoms with E-state index in [1.54, 1.807) is 42.2 Å². The molecule has 0 spiro atoms. The predicted octanol–water partition coefficient (Wildman–Crippen LogP) is 2.08. The zero-order valence-electron chi connectivity index (χ0n) is 10.9. The number of aryl methyl sites for hydroxylation is 1. The van der Waals surface area contributed by atoms with Gasteiger partial charge in [0.15, 0.2) is 10.3 Å². The monoisotopic (exact) mass is 319 g/mol. The highest BCUT2D eigenvalue weighted by molar-refractivity contribution is 7.71. The Balaban J connectivity index is 0.00000161. The van der Waals surface area contributed by atoms with Crippen molar-refractivity contribution < 1.29 is 0 Å². The SMILES string of the molecule is Cl.Cn1cnc2c(=O)n(-c3ccc(C#N)cc3)c(=S)[nH]c21. The fraction of sp³-hybridized carbons (Fsp3) is 0.0769. The molecule has 8 heteroatoms. The van der Waals surface area contributed by atoms with Crippen molar-refractivity contribution in [2.24, 2.45) is 7.05 Å². The standard InChI is InChI=1S/C13H9N5OS.ClH/c1-17-7-15-10-11(17)16-13(20)18(12(10)19)9-4-2-8(6-14)3-5-9;/h2-5,7H,1H3,(H,16,20);1H. The number of aromatic nitrogens is 4. The minimum absolute atomic E-state index is 0. The van der Waals surface area contributed by atoms with Crippen LogP contribution in [0.25, 0.3) is 16.9 Å². The van der Waals surface area contributed by atoms with Crippen molar-refractivity contribution in [2.45, 2.75) is 0 Å². The van der Waals surface area contributed by atoms with Gasteiger partial charge in [0, 0.05) is 7.05 Å². The van der Waals surface area contributed by atoms with Crippen LogP contribution >= 0.6 is 24.6 Å². The number of hydrogen-bond donors (Lipinski definition) is 1. The zero-order valence-corrected chi connectivity index (χ0v) is 12.5. The van der Waals surface area contributed by atoms with Crippen LogP contribution in [0.5, 0.6) is 0 Å². The molecule has 0 bridgehead atoms. The number of nitriles is 1. The van der Waals surface area contributed by atoms with Crippen molar-refractivity contribution in [2.75, 3.05) is 0 Å². The lowest BCUT2D eigenvalue weighted by molar-refractivity contribution is 0.897. The molecule has 21 heavy (non-hydrogen) atoms. The maximum atomic E-state index is 12.5. The van der Waals surface area contributed by atoms with Crippen molar-refractivity contribution in [3.63, 3.8) is 0 Å². The van der Waals surface area contributed by atoms with Crippen LogP contribution in [-0.4, -0.2) is 19.1 Å². The van der Waals surface area contributed by atoms with Crippen LogP contribution in [0.4, 0.5) is 0 Å². The molecule has 0 radical (unpaired) electrons. The molecule has 0 amide bonds. The second-order valence-electron chi connectivity index (χ2n) is 4.28. The van der Waals surface area contributed by atoms with Crippen LogP contribution < -0.4 is 5.56 Å². The number of benzene rings is 1. The molecule has 0 aliphatic carbocycles. The van der Waals surface area contributed by atoms with E-state index in [1.807, 2.05) is 6.07 Å². The highest BCUT2D eigenvalue weighted by atomic mass is 35.5. The number of nitrogens with zero attached hydrogens (tertiary/aromatic N) is 4. The van der Waals surface area contributed by atoms with Crippen molar-refractivity contribution in [1.82, 2.24) is 19.1 Å². The summed E-state index contributed by atoms with van der Waals surface area (Å²) in [6.45, 7) is 0. The molecule has 106 valence electrons. The Bertz CT molecular complexity index is 961. The number of nitrogens with one attached hydrogen (secondary N) is 1. The molecule has 6 nitrogen and oxygen atoms in total. The molecule has 0 saturated carbocycles. The summed E-state index contributed by atoms with van der Waals surface area (Å²) in [5, 5.41) is 8.79. The summed E-state index contributed by atoms with van der Waals surface area (Å²) in [6.07, 6.45) is 1.56. The van der Waals surface area contributed by atoms with Crippen molar-refractivity contribution in [1.29, 1.82) is 5.26 Å². The van der Waals surface area contributed by atoms with E-state index in [0.717, 1.165) is 0 Å². The van der Waals surface area contributed by atoms with E-state index in [4.69, 9.17) is 17.5 Å². The van der Waals surface area contributed by atoms with Crippen LogP contribution in [0.2, 0.25) is 0 Å². The predicted molar refractivity (Wildman–Crippen MR) is 83.5 cm³/mol. The van der Waals surface area contributed by atoms with E-state index in [2.05, 4.69) is 9.97 Å². The first-order valence-electron chi connectivity index (χ1n) is 5.78. The lowest BCUT2D eigenvalue weighted by Gasteiger charge is -2.06. The molecular weight excluding hydrogens is 310 g/mol. The fourth-order valence-corrected chi connectivity index (χ4v) is 2.29. The normalized spacial score (nSPS) is 10.1. The lowest BCUT2D eigenvalue weighted by Crippen LogP contribution is -2.20. The number of halogens is 1. The van der Waals surface area contributed by atoms with Gasteiger partial charge in [-0.25, -0.2) is 4.98 Å².